The molecule has 0 spiro atoms. The van der Waals surface area contributed by atoms with E-state index in [1.807, 2.05) is 60.7 Å². The lowest BCUT2D eigenvalue weighted by Crippen LogP contribution is -2.04. The second-order valence-corrected chi connectivity index (χ2v) is 23.1. The van der Waals surface area contributed by atoms with Crippen molar-refractivity contribution in [1.29, 1.82) is 10.5 Å². The fraction of sp³-hybridized carbons (Fsp3) is 0. The van der Waals surface area contributed by atoms with Gasteiger partial charge in [-0.15, -0.1) is 0 Å². The fourth-order valence-corrected chi connectivity index (χ4v) is 13.8. The number of benzene rings is 13. The minimum Gasteiger partial charge on any atom is -0.309 e. The van der Waals surface area contributed by atoms with Gasteiger partial charge in [-0.3, -0.25) is 0 Å². The third-order valence-corrected chi connectivity index (χ3v) is 18.0. The van der Waals surface area contributed by atoms with Crippen molar-refractivity contribution in [3.8, 4) is 108 Å². The number of nitrogens with zero attached hydrogens (tertiary/aromatic N) is 7. The van der Waals surface area contributed by atoms with Gasteiger partial charge in [-0.1, -0.05) is 206 Å². The molecule has 422 valence electrons. The van der Waals surface area contributed by atoms with Gasteiger partial charge in [0.05, 0.1) is 73.4 Å². The number of fused-ring (bicyclic) bond motifs is 9. The molecule has 91 heavy (non-hydrogen) atoms. The number of hydrogen-bond donors (Lipinski definition) is 0. The van der Waals surface area contributed by atoms with Crippen molar-refractivity contribution in [1.82, 2.24) is 23.7 Å². The molecule has 0 fully saturated rings. The highest BCUT2D eigenvalue weighted by Gasteiger charge is 2.25. The first-order valence-corrected chi connectivity index (χ1v) is 30.5. The monoisotopic (exact) mass is 1160 g/mol. The summed E-state index contributed by atoms with van der Waals surface area (Å²) in [4.78, 5) is 11.0. The van der Waals surface area contributed by atoms with Gasteiger partial charge in [0.25, 0.3) is 0 Å². The predicted molar refractivity (Wildman–Crippen MR) is 373 cm³/mol. The van der Waals surface area contributed by atoms with Crippen molar-refractivity contribution in [3.63, 3.8) is 0 Å². The summed E-state index contributed by atoms with van der Waals surface area (Å²) in [5.74, 6) is 0.585. The molecule has 0 amide bonds. The highest BCUT2D eigenvalue weighted by molar-refractivity contribution is 6.14. The van der Waals surface area contributed by atoms with E-state index in [1.165, 1.54) is 21.5 Å². The third-order valence-electron chi connectivity index (χ3n) is 18.0. The Bertz CT molecular complexity index is 5380. The molecule has 7 heteroatoms. The first-order valence-electron chi connectivity index (χ1n) is 30.5. The highest BCUT2D eigenvalue weighted by atomic mass is 15.0. The molecule has 0 unspecified atom stereocenters. The van der Waals surface area contributed by atoms with Crippen LogP contribution >= 0.6 is 0 Å². The summed E-state index contributed by atoms with van der Waals surface area (Å²) in [5.41, 5.74) is 22.6. The first kappa shape index (κ1) is 52.6. The van der Waals surface area contributed by atoms with E-state index >= 15 is 0 Å². The van der Waals surface area contributed by atoms with Crippen LogP contribution in [0.15, 0.2) is 309 Å². The molecule has 4 heterocycles. The summed E-state index contributed by atoms with van der Waals surface area (Å²) >= 11 is 0. The molecular formula is C84H51N7. The topological polar surface area (TPSA) is 88.2 Å². The average molecular weight is 1160 g/mol. The largest absolute Gasteiger partial charge is 0.309 e. The first-order chi connectivity index (χ1) is 45.0. The van der Waals surface area contributed by atoms with E-state index in [1.54, 1.807) is 0 Å². The number of hydrogen-bond acceptors (Lipinski definition) is 4. The van der Waals surface area contributed by atoms with Gasteiger partial charge >= 0.3 is 0 Å². The Morgan fingerprint density at radius 3 is 0.978 bits per heavy atom. The van der Waals surface area contributed by atoms with Crippen LogP contribution in [0.1, 0.15) is 11.1 Å². The summed E-state index contributed by atoms with van der Waals surface area (Å²) in [7, 11) is 0. The molecule has 0 aliphatic rings. The van der Waals surface area contributed by atoms with Crippen molar-refractivity contribution >= 4 is 65.4 Å². The van der Waals surface area contributed by atoms with Crippen LogP contribution in [-0.2, 0) is 0 Å². The Morgan fingerprint density at radius 1 is 0.242 bits per heavy atom. The molecule has 13 aromatic carbocycles. The lowest BCUT2D eigenvalue weighted by Gasteiger charge is -2.22. The zero-order chi connectivity index (χ0) is 60.5. The maximum Gasteiger partial charge on any atom is 0.160 e. The van der Waals surface area contributed by atoms with Gasteiger partial charge in [-0.05, 0) is 137 Å². The minimum absolute atomic E-state index is 0.585. The van der Waals surface area contributed by atoms with Gasteiger partial charge in [0.1, 0.15) is 0 Å². The Morgan fingerprint density at radius 2 is 0.582 bits per heavy atom. The van der Waals surface area contributed by atoms with Crippen LogP contribution in [0.5, 0.6) is 0 Å². The molecule has 0 saturated carbocycles. The second kappa shape index (κ2) is 21.6. The lowest BCUT2D eigenvalue weighted by molar-refractivity contribution is 1.16. The molecule has 0 aliphatic carbocycles. The maximum absolute atomic E-state index is 10.5. The molecule has 17 rings (SSSR count). The van der Waals surface area contributed by atoms with Gasteiger partial charge in [-0.2, -0.15) is 10.5 Å². The zero-order valence-electron chi connectivity index (χ0n) is 49.1. The van der Waals surface area contributed by atoms with Gasteiger partial charge in [-0.25, -0.2) is 9.97 Å². The molecule has 0 atom stereocenters. The molecule has 7 nitrogen and oxygen atoms in total. The number of para-hydroxylation sites is 4. The molecule has 0 radical (unpaired) electrons. The molecular weight excluding hydrogens is 1110 g/mol. The summed E-state index contributed by atoms with van der Waals surface area (Å²) in [5, 5.41) is 27.8. The fourth-order valence-electron chi connectivity index (χ4n) is 13.8. The smallest absolute Gasteiger partial charge is 0.160 e. The molecule has 4 aromatic heterocycles. The SMILES string of the molecule is N#Cc1ccccc1-c1ccc2c(c1)c1cc(-c3ccccc3C#N)ccc1n2-c1c(-c2ccc(-n3c4ccccc4c4ccccc43)cc2)cc(-c2nc(-c3ccccc3)cc(-c3ccccc3)n2)cc1-c1ccc(-n2c3ccccc3c3ccccc32)cc1. The van der Waals surface area contributed by atoms with Gasteiger partial charge in [0.15, 0.2) is 5.82 Å². The Kier molecular flexibility index (Phi) is 12.5. The van der Waals surface area contributed by atoms with Crippen LogP contribution in [0.4, 0.5) is 0 Å². The number of aromatic nitrogens is 5. The Hall–Kier alpha value is -12.7. The van der Waals surface area contributed by atoms with E-state index < -0.39 is 0 Å². The van der Waals surface area contributed by atoms with Crippen LogP contribution in [0.2, 0.25) is 0 Å². The Balaban J connectivity index is 0.984. The van der Waals surface area contributed by atoms with Crippen molar-refractivity contribution in [2.45, 2.75) is 0 Å². The third kappa shape index (κ3) is 8.80. The van der Waals surface area contributed by atoms with Crippen LogP contribution in [-0.4, -0.2) is 23.7 Å². The van der Waals surface area contributed by atoms with E-state index in [4.69, 9.17) is 9.97 Å². The molecule has 0 N–H and O–H groups in total. The molecule has 0 aliphatic heterocycles. The number of rotatable bonds is 10. The van der Waals surface area contributed by atoms with Gasteiger partial charge in [0, 0.05) is 71.5 Å². The quantitative estimate of drug-likeness (QED) is 0.136. The molecule has 17 aromatic rings. The van der Waals surface area contributed by atoms with E-state index in [0.29, 0.717) is 17.0 Å². The normalized spacial score (nSPS) is 11.5. The zero-order valence-corrected chi connectivity index (χ0v) is 49.1. The van der Waals surface area contributed by atoms with E-state index in [9.17, 15) is 10.5 Å². The van der Waals surface area contributed by atoms with Crippen LogP contribution in [0, 0.1) is 22.7 Å². The van der Waals surface area contributed by atoms with Crippen LogP contribution in [0.25, 0.3) is 161 Å². The van der Waals surface area contributed by atoms with Crippen molar-refractivity contribution in [2.75, 3.05) is 0 Å². The predicted octanol–water partition coefficient (Wildman–Crippen LogP) is 21.2. The summed E-state index contributed by atoms with van der Waals surface area (Å²) in [6.07, 6.45) is 0. The van der Waals surface area contributed by atoms with Gasteiger partial charge in [0.2, 0.25) is 0 Å². The van der Waals surface area contributed by atoms with Crippen LogP contribution in [0.3, 0.4) is 0 Å². The van der Waals surface area contributed by atoms with Crippen molar-refractivity contribution in [3.05, 3.63) is 321 Å². The van der Waals surface area contributed by atoms with E-state index in [-0.39, 0.29) is 0 Å². The van der Waals surface area contributed by atoms with E-state index in [0.717, 1.165) is 134 Å². The standard InChI is InChI=1S/C84H51N7/c85-52-60-23-7-9-25-65(60)58-39-45-81-73(47-58)74-48-59(66-26-10-8-24-61(66)53-86)40-46-82(74)91(81)83-71(54-35-41-63(42-36-54)89-77-31-15-11-27-67(77)68-28-12-16-32-78(68)89)49-62(84-87-75(56-19-3-1-4-20-56)51-76(88-84)57-21-5-2-6-22-57)50-72(83)55-37-43-64(44-38-55)90-79-33-17-13-29-69(79)70-30-14-18-34-80(70)90/h1-51H. The minimum atomic E-state index is 0.585. The molecule has 0 bridgehead atoms. The molecule has 0 saturated heterocycles. The van der Waals surface area contributed by atoms with E-state index in [2.05, 4.69) is 275 Å². The van der Waals surface area contributed by atoms with Crippen molar-refractivity contribution < 1.29 is 0 Å². The van der Waals surface area contributed by atoms with Crippen molar-refractivity contribution in [2.24, 2.45) is 0 Å². The highest BCUT2D eigenvalue weighted by Crippen LogP contribution is 2.47. The van der Waals surface area contributed by atoms with Gasteiger partial charge < -0.3 is 13.7 Å². The summed E-state index contributed by atoms with van der Waals surface area (Å²) < 4.78 is 7.15. The number of nitriles is 2. The summed E-state index contributed by atoms with van der Waals surface area (Å²) in [6.45, 7) is 0. The summed E-state index contributed by atoms with van der Waals surface area (Å²) in [6, 6.07) is 114. The second-order valence-electron chi connectivity index (χ2n) is 23.1. The Labute approximate surface area is 524 Å². The average Bonchev–Trinajstić information content (AvgIpc) is 1.65. The maximum atomic E-state index is 10.5. The lowest BCUT2D eigenvalue weighted by atomic mass is 9.92. The van der Waals surface area contributed by atoms with Crippen LogP contribution < -0.4 is 0 Å².